The van der Waals surface area contributed by atoms with Crippen molar-refractivity contribution in [2.24, 2.45) is 11.8 Å². The lowest BCUT2D eigenvalue weighted by molar-refractivity contribution is -0.158. The molecule has 4 aliphatic rings. The third kappa shape index (κ3) is 9.12. The second-order valence-corrected chi connectivity index (χ2v) is 12.0. The van der Waals surface area contributed by atoms with Crippen molar-refractivity contribution in [2.75, 3.05) is 0 Å². The van der Waals surface area contributed by atoms with Crippen molar-refractivity contribution in [1.82, 2.24) is 5.32 Å². The summed E-state index contributed by atoms with van der Waals surface area (Å²) in [5, 5.41) is 3.85. The van der Waals surface area contributed by atoms with Gasteiger partial charge in [-0.15, -0.1) is 0 Å². The third-order valence-electron chi connectivity index (χ3n) is 9.33. The molecular weight excluding hydrogens is 406 g/mol. The Kier molecular flexibility index (Phi) is 11.9. The number of nitrogens with one attached hydrogen (secondary N) is 1. The van der Waals surface area contributed by atoms with Gasteiger partial charge < -0.3 is 9.47 Å². The minimum atomic E-state index is 0.215. The summed E-state index contributed by atoms with van der Waals surface area (Å²) < 4.78 is 13.5. The molecule has 6 unspecified atom stereocenters. The van der Waals surface area contributed by atoms with E-state index in [4.69, 9.17) is 9.47 Å². The maximum absolute atomic E-state index is 6.75. The molecule has 33 heavy (non-hydrogen) atoms. The van der Waals surface area contributed by atoms with E-state index in [1.165, 1.54) is 154 Å². The fourth-order valence-corrected chi connectivity index (χ4v) is 7.23. The molecule has 1 N–H and O–H groups in total. The van der Waals surface area contributed by atoms with Crippen LogP contribution in [0.5, 0.6) is 0 Å². The lowest BCUT2D eigenvalue weighted by Gasteiger charge is -2.42. The van der Waals surface area contributed by atoms with E-state index >= 15 is 0 Å². The molecule has 3 nitrogen and oxygen atoms in total. The summed E-state index contributed by atoms with van der Waals surface area (Å²) in [5.74, 6) is 1.59. The van der Waals surface area contributed by atoms with Crippen molar-refractivity contribution in [2.45, 2.75) is 179 Å². The molecule has 4 rings (SSSR count). The van der Waals surface area contributed by atoms with Crippen LogP contribution in [0.2, 0.25) is 0 Å². The summed E-state index contributed by atoms with van der Waals surface area (Å²) in [6, 6.07) is 0. The molecule has 192 valence electrons. The van der Waals surface area contributed by atoms with Crippen LogP contribution < -0.4 is 5.32 Å². The first-order valence-corrected chi connectivity index (χ1v) is 15.5. The second kappa shape index (κ2) is 15.1. The van der Waals surface area contributed by atoms with Crippen LogP contribution in [0.1, 0.15) is 154 Å². The van der Waals surface area contributed by atoms with Gasteiger partial charge in [-0.1, -0.05) is 103 Å². The van der Waals surface area contributed by atoms with Gasteiger partial charge in [-0.05, 0) is 63.2 Å². The number of ether oxygens (including phenoxy) is 2. The lowest BCUT2D eigenvalue weighted by atomic mass is 9.84. The topological polar surface area (TPSA) is 30.5 Å². The zero-order valence-electron chi connectivity index (χ0n) is 21.8. The standard InChI is InChI=1S/C30H55NO2/c1-3-7-11-15-19-27-25(17-13-9-5-1)21-23-29(32-27)31-30-24-22-26-18-14-10-6-2-4-8-12-16-20-28(26)33-30/h25-31H,1-24H2. The first-order chi connectivity index (χ1) is 16.4. The van der Waals surface area contributed by atoms with Crippen LogP contribution in [-0.4, -0.2) is 24.7 Å². The van der Waals surface area contributed by atoms with E-state index in [9.17, 15) is 0 Å². The van der Waals surface area contributed by atoms with Crippen LogP contribution in [0.3, 0.4) is 0 Å². The van der Waals surface area contributed by atoms with Gasteiger partial charge in [-0.2, -0.15) is 0 Å². The molecule has 3 heteroatoms. The van der Waals surface area contributed by atoms with Gasteiger partial charge in [0, 0.05) is 0 Å². The minimum absolute atomic E-state index is 0.215. The molecule has 2 heterocycles. The number of hydrogen-bond donors (Lipinski definition) is 1. The predicted molar refractivity (Wildman–Crippen MR) is 138 cm³/mol. The molecule has 0 amide bonds. The summed E-state index contributed by atoms with van der Waals surface area (Å²) >= 11 is 0. The fraction of sp³-hybridized carbons (Fsp3) is 1.00. The molecule has 2 saturated carbocycles. The van der Waals surface area contributed by atoms with Crippen molar-refractivity contribution < 1.29 is 9.47 Å². The first kappa shape index (κ1) is 26.0. The molecule has 2 saturated heterocycles. The van der Waals surface area contributed by atoms with E-state index in [1.807, 2.05) is 0 Å². The van der Waals surface area contributed by atoms with Gasteiger partial charge in [0.2, 0.25) is 0 Å². The quantitative estimate of drug-likeness (QED) is 0.446. The summed E-state index contributed by atoms with van der Waals surface area (Å²) in [6.45, 7) is 0. The Morgan fingerprint density at radius 3 is 1.06 bits per heavy atom. The third-order valence-corrected chi connectivity index (χ3v) is 9.33. The van der Waals surface area contributed by atoms with E-state index in [1.54, 1.807) is 0 Å². The van der Waals surface area contributed by atoms with Gasteiger partial charge in [0.25, 0.3) is 0 Å². The van der Waals surface area contributed by atoms with Crippen LogP contribution in [0.15, 0.2) is 0 Å². The number of rotatable bonds is 2. The van der Waals surface area contributed by atoms with E-state index in [0.29, 0.717) is 12.2 Å². The highest BCUT2D eigenvalue weighted by atomic mass is 16.5. The molecule has 0 bridgehead atoms. The summed E-state index contributed by atoms with van der Waals surface area (Å²) in [4.78, 5) is 0. The van der Waals surface area contributed by atoms with Gasteiger partial charge in [-0.25, -0.2) is 0 Å². The van der Waals surface area contributed by atoms with Crippen molar-refractivity contribution in [3.63, 3.8) is 0 Å². The highest BCUT2D eigenvalue weighted by Gasteiger charge is 2.35. The molecule has 2 aliphatic heterocycles. The normalized spacial score (nSPS) is 38.9. The van der Waals surface area contributed by atoms with E-state index in [2.05, 4.69) is 5.32 Å². The highest BCUT2D eigenvalue weighted by Crippen LogP contribution is 2.35. The van der Waals surface area contributed by atoms with Gasteiger partial charge in [0.1, 0.15) is 12.5 Å². The largest absolute Gasteiger partial charge is 0.360 e. The first-order valence-electron chi connectivity index (χ1n) is 15.5. The van der Waals surface area contributed by atoms with Crippen LogP contribution in [-0.2, 0) is 9.47 Å². The van der Waals surface area contributed by atoms with Gasteiger partial charge in [0.15, 0.2) is 0 Å². The van der Waals surface area contributed by atoms with Crippen molar-refractivity contribution >= 4 is 0 Å². The Morgan fingerprint density at radius 1 is 0.333 bits per heavy atom. The SMILES string of the molecule is C1CCCCCC2OC(NC3CCC4CCCCCCCCCCC4O3)CCC2CCCC1. The molecular formula is C30H55NO2. The van der Waals surface area contributed by atoms with Crippen molar-refractivity contribution in [3.05, 3.63) is 0 Å². The van der Waals surface area contributed by atoms with Crippen molar-refractivity contribution in [1.29, 1.82) is 0 Å². The van der Waals surface area contributed by atoms with Crippen LogP contribution in [0, 0.1) is 11.8 Å². The molecule has 4 fully saturated rings. The molecule has 0 aromatic heterocycles. The van der Waals surface area contributed by atoms with E-state index in [0.717, 1.165) is 11.8 Å². The average molecular weight is 462 g/mol. The smallest absolute Gasteiger partial charge is 0.110 e. The Balaban J connectivity index is 1.25. The fourth-order valence-electron chi connectivity index (χ4n) is 7.23. The van der Waals surface area contributed by atoms with Gasteiger partial charge in [-0.3, -0.25) is 5.32 Å². The molecule has 0 aromatic rings. The molecule has 0 radical (unpaired) electrons. The molecule has 0 spiro atoms. The second-order valence-electron chi connectivity index (χ2n) is 12.0. The maximum atomic E-state index is 6.75. The van der Waals surface area contributed by atoms with Crippen LogP contribution in [0.4, 0.5) is 0 Å². The van der Waals surface area contributed by atoms with E-state index < -0.39 is 0 Å². The zero-order chi connectivity index (χ0) is 22.6. The average Bonchev–Trinajstić information content (AvgIpc) is 2.81. The predicted octanol–water partition coefficient (Wildman–Crippen LogP) is 8.65. The number of hydrogen-bond acceptors (Lipinski definition) is 3. The molecule has 6 atom stereocenters. The molecule has 2 aliphatic carbocycles. The Hall–Kier alpha value is -0.120. The summed E-state index contributed by atoms with van der Waals surface area (Å²) in [5.41, 5.74) is 0. The number of fused-ring (bicyclic) bond motifs is 2. The lowest BCUT2D eigenvalue weighted by Crippen LogP contribution is -2.51. The minimum Gasteiger partial charge on any atom is -0.360 e. The maximum Gasteiger partial charge on any atom is 0.110 e. The molecule has 0 aromatic carbocycles. The summed E-state index contributed by atoms with van der Waals surface area (Å²) in [7, 11) is 0. The Bertz CT molecular complexity index is 468. The van der Waals surface area contributed by atoms with E-state index in [-0.39, 0.29) is 12.5 Å². The van der Waals surface area contributed by atoms with Crippen LogP contribution in [0.25, 0.3) is 0 Å². The van der Waals surface area contributed by atoms with Crippen LogP contribution >= 0.6 is 0 Å². The van der Waals surface area contributed by atoms with Crippen molar-refractivity contribution in [3.8, 4) is 0 Å². The summed E-state index contributed by atoms with van der Waals surface area (Å²) in [6.07, 6.45) is 34.5. The Morgan fingerprint density at radius 2 is 0.667 bits per heavy atom. The monoisotopic (exact) mass is 461 g/mol. The highest BCUT2D eigenvalue weighted by molar-refractivity contribution is 4.83. The Labute approximate surface area is 205 Å². The zero-order valence-corrected chi connectivity index (χ0v) is 21.8. The van der Waals surface area contributed by atoms with Gasteiger partial charge in [0.05, 0.1) is 12.2 Å². The van der Waals surface area contributed by atoms with Gasteiger partial charge >= 0.3 is 0 Å².